The molecular formula is C18H20F4N4O3. The van der Waals surface area contributed by atoms with Crippen LogP contribution in [0.3, 0.4) is 0 Å². The van der Waals surface area contributed by atoms with E-state index in [1.807, 2.05) is 0 Å². The lowest BCUT2D eigenvalue weighted by molar-refractivity contribution is -0.275. The molecule has 0 bridgehead atoms. The van der Waals surface area contributed by atoms with Gasteiger partial charge in [-0.05, 0) is 30.4 Å². The molecule has 7 nitrogen and oxygen atoms in total. The molecule has 0 spiro atoms. The molecule has 0 unspecified atom stereocenters. The maximum absolute atomic E-state index is 13.8. The lowest BCUT2D eigenvalue weighted by Gasteiger charge is -2.14. The maximum atomic E-state index is 13.8. The molecule has 0 aliphatic heterocycles. The Kier molecular flexibility index (Phi) is 9.00. The van der Waals surface area contributed by atoms with Gasteiger partial charge in [-0.1, -0.05) is 0 Å². The molecule has 1 amide bonds. The molecule has 29 heavy (non-hydrogen) atoms. The van der Waals surface area contributed by atoms with E-state index in [9.17, 15) is 22.4 Å². The van der Waals surface area contributed by atoms with Crippen molar-refractivity contribution in [2.45, 2.75) is 6.36 Å². The number of benzene rings is 1. The number of rotatable bonds is 9. The van der Waals surface area contributed by atoms with Crippen molar-refractivity contribution in [2.75, 3.05) is 27.3 Å². The van der Waals surface area contributed by atoms with Gasteiger partial charge in [-0.25, -0.2) is 4.39 Å². The second kappa shape index (κ2) is 11.0. The average Bonchev–Trinajstić information content (AvgIpc) is 2.64. The van der Waals surface area contributed by atoms with E-state index in [2.05, 4.69) is 15.0 Å². The molecule has 0 aromatic heterocycles. The van der Waals surface area contributed by atoms with Gasteiger partial charge >= 0.3 is 6.36 Å². The minimum Gasteiger partial charge on any atom is -0.403 e. The molecule has 0 aliphatic rings. The minimum absolute atomic E-state index is 0.0424. The van der Waals surface area contributed by atoms with Crippen LogP contribution in [0.1, 0.15) is 10.4 Å². The minimum atomic E-state index is -5.05. The molecule has 0 saturated heterocycles. The van der Waals surface area contributed by atoms with Crippen molar-refractivity contribution >= 4 is 17.8 Å². The molecule has 0 aliphatic carbocycles. The van der Waals surface area contributed by atoms with Gasteiger partial charge < -0.3 is 25.9 Å². The predicted octanol–water partition coefficient (Wildman–Crippen LogP) is 2.59. The zero-order valence-corrected chi connectivity index (χ0v) is 15.6. The molecule has 11 heteroatoms. The van der Waals surface area contributed by atoms with E-state index in [-0.39, 0.29) is 24.4 Å². The first-order valence-corrected chi connectivity index (χ1v) is 8.07. The van der Waals surface area contributed by atoms with Crippen molar-refractivity contribution in [1.29, 1.82) is 5.41 Å². The Morgan fingerprint density at radius 1 is 1.38 bits per heavy atom. The Morgan fingerprint density at radius 2 is 2.07 bits per heavy atom. The van der Waals surface area contributed by atoms with Gasteiger partial charge in [-0.3, -0.25) is 9.79 Å². The Bertz CT molecular complexity index is 833. The summed E-state index contributed by atoms with van der Waals surface area (Å²) in [5, 5.41) is 9.54. The number of nitrogens with zero attached hydrogens (tertiary/aromatic N) is 1. The standard InChI is InChI=1S/C18H20F4N4O3/c1-25-15(4-3-7-23)12(14(24)10-28-2)9-26-17(27)11-5-6-16(13(19)8-11)29-18(20,21)22/h3-8,23H,9-10,24H2,1-2H3,(H,26,27)/b4-3-,14-12-,23-7?,25-15?. The molecule has 158 valence electrons. The van der Waals surface area contributed by atoms with Gasteiger partial charge in [-0.15, -0.1) is 13.2 Å². The largest absolute Gasteiger partial charge is 0.573 e. The second-order valence-corrected chi connectivity index (χ2v) is 5.45. The number of carbonyl (C=O) groups is 1. The van der Waals surface area contributed by atoms with Crippen LogP contribution >= 0.6 is 0 Å². The topological polar surface area (TPSA) is 110 Å². The van der Waals surface area contributed by atoms with Gasteiger partial charge in [0.2, 0.25) is 0 Å². The van der Waals surface area contributed by atoms with Crippen LogP contribution in [0.2, 0.25) is 0 Å². The number of amides is 1. The smallest absolute Gasteiger partial charge is 0.403 e. The number of nitrogens with two attached hydrogens (primary N) is 1. The highest BCUT2D eigenvalue weighted by Crippen LogP contribution is 2.26. The van der Waals surface area contributed by atoms with E-state index in [1.165, 1.54) is 26.3 Å². The number of aliphatic imine (C=N–C) groups is 1. The summed E-state index contributed by atoms with van der Waals surface area (Å²) in [6.45, 7) is -0.0772. The molecule has 1 aromatic carbocycles. The molecule has 0 atom stereocenters. The van der Waals surface area contributed by atoms with Crippen molar-refractivity contribution in [1.82, 2.24) is 5.32 Å². The van der Waals surface area contributed by atoms with Gasteiger partial charge in [-0.2, -0.15) is 0 Å². The van der Waals surface area contributed by atoms with Gasteiger partial charge in [0.1, 0.15) is 0 Å². The van der Waals surface area contributed by atoms with Crippen molar-refractivity contribution in [2.24, 2.45) is 10.7 Å². The number of ether oxygens (including phenoxy) is 2. The van der Waals surface area contributed by atoms with E-state index < -0.39 is 23.8 Å². The third kappa shape index (κ3) is 7.74. The number of hydrogen-bond acceptors (Lipinski definition) is 6. The predicted molar refractivity (Wildman–Crippen MR) is 99.8 cm³/mol. The molecule has 0 radical (unpaired) electrons. The first kappa shape index (κ1) is 23.8. The third-order valence-electron chi connectivity index (χ3n) is 3.43. The van der Waals surface area contributed by atoms with Crippen molar-refractivity contribution < 1.29 is 31.8 Å². The van der Waals surface area contributed by atoms with E-state index in [0.717, 1.165) is 12.3 Å². The zero-order chi connectivity index (χ0) is 22.0. The molecule has 0 fully saturated rings. The Balaban J connectivity index is 3.01. The normalized spacial score (nSPS) is 13.2. The number of methoxy groups -OCH3 is 1. The summed E-state index contributed by atoms with van der Waals surface area (Å²) in [6.07, 6.45) is -1.12. The fraction of sp³-hybridized carbons (Fsp3) is 0.278. The molecule has 4 N–H and O–H groups in total. The Morgan fingerprint density at radius 3 is 2.59 bits per heavy atom. The summed E-state index contributed by atoms with van der Waals surface area (Å²) < 4.78 is 58.9. The third-order valence-corrected chi connectivity index (χ3v) is 3.43. The van der Waals surface area contributed by atoms with Crippen LogP contribution in [0.15, 0.2) is 46.6 Å². The summed E-state index contributed by atoms with van der Waals surface area (Å²) in [4.78, 5) is 16.3. The van der Waals surface area contributed by atoms with E-state index >= 15 is 0 Å². The number of carbonyl (C=O) groups excluding carboxylic acids is 1. The van der Waals surface area contributed by atoms with Crippen molar-refractivity contribution in [3.8, 4) is 5.75 Å². The molecular weight excluding hydrogens is 396 g/mol. The summed E-state index contributed by atoms with van der Waals surface area (Å²) in [5.74, 6) is -3.14. The highest BCUT2D eigenvalue weighted by atomic mass is 19.4. The lowest BCUT2D eigenvalue weighted by atomic mass is 10.1. The molecule has 1 aromatic rings. The van der Waals surface area contributed by atoms with Gasteiger partial charge in [0.25, 0.3) is 5.91 Å². The van der Waals surface area contributed by atoms with Crippen LogP contribution in [-0.2, 0) is 4.74 Å². The number of nitrogens with one attached hydrogen (secondary N) is 2. The van der Waals surface area contributed by atoms with Crippen LogP contribution in [0.5, 0.6) is 5.75 Å². The van der Waals surface area contributed by atoms with Gasteiger partial charge in [0, 0.05) is 43.8 Å². The summed E-state index contributed by atoms with van der Waals surface area (Å²) >= 11 is 0. The van der Waals surface area contributed by atoms with E-state index in [0.29, 0.717) is 23.4 Å². The lowest BCUT2D eigenvalue weighted by Crippen LogP contribution is -2.30. The zero-order valence-electron chi connectivity index (χ0n) is 15.6. The fourth-order valence-electron chi connectivity index (χ4n) is 2.18. The quantitative estimate of drug-likeness (QED) is 0.425. The highest BCUT2D eigenvalue weighted by molar-refractivity contribution is 6.10. The Labute approximate surface area is 164 Å². The summed E-state index contributed by atoms with van der Waals surface area (Å²) in [7, 11) is 2.91. The molecule has 1 rings (SSSR count). The van der Waals surface area contributed by atoms with Crippen molar-refractivity contribution in [3.63, 3.8) is 0 Å². The maximum Gasteiger partial charge on any atom is 0.573 e. The first-order valence-electron chi connectivity index (χ1n) is 8.07. The van der Waals surface area contributed by atoms with Crippen LogP contribution in [0, 0.1) is 11.2 Å². The Hall–Kier alpha value is -3.21. The summed E-state index contributed by atoms with van der Waals surface area (Å²) in [6, 6.07) is 2.33. The second-order valence-electron chi connectivity index (χ2n) is 5.45. The monoisotopic (exact) mass is 416 g/mol. The average molecular weight is 416 g/mol. The number of alkyl halides is 3. The number of hydrogen-bond donors (Lipinski definition) is 3. The van der Waals surface area contributed by atoms with Crippen LogP contribution in [0.25, 0.3) is 0 Å². The fourth-order valence-corrected chi connectivity index (χ4v) is 2.18. The van der Waals surface area contributed by atoms with Crippen molar-refractivity contribution in [3.05, 3.63) is 53.0 Å². The van der Waals surface area contributed by atoms with Crippen LogP contribution in [0.4, 0.5) is 17.6 Å². The van der Waals surface area contributed by atoms with Gasteiger partial charge in [0.15, 0.2) is 11.6 Å². The number of allylic oxidation sites excluding steroid dienone is 2. The molecule has 0 saturated carbocycles. The number of halogens is 4. The van der Waals surface area contributed by atoms with E-state index in [4.69, 9.17) is 15.9 Å². The first-order chi connectivity index (χ1) is 13.6. The highest BCUT2D eigenvalue weighted by Gasteiger charge is 2.32. The van der Waals surface area contributed by atoms with E-state index in [1.54, 1.807) is 0 Å². The van der Waals surface area contributed by atoms with Gasteiger partial charge in [0.05, 0.1) is 12.3 Å². The SMILES string of the molecule is CN=C(/C=C\C=N)/C(CNC(=O)c1ccc(OC(F)(F)F)c(F)c1)=C(\N)COC. The summed E-state index contributed by atoms with van der Waals surface area (Å²) in [5.41, 5.74) is 6.78. The van der Waals surface area contributed by atoms with Crippen LogP contribution < -0.4 is 15.8 Å². The van der Waals surface area contributed by atoms with Crippen LogP contribution in [-0.4, -0.2) is 51.5 Å². The molecule has 0 heterocycles.